The molecule has 2 rings (SSSR count). The lowest BCUT2D eigenvalue weighted by atomic mass is 10.0. The molecule has 1 heterocycles. The molecule has 1 aliphatic rings. The minimum absolute atomic E-state index is 0.00156. The molecule has 0 radical (unpaired) electrons. The van der Waals surface area contributed by atoms with Crippen LogP contribution < -0.4 is 0 Å². The van der Waals surface area contributed by atoms with E-state index in [0.717, 1.165) is 12.0 Å². The van der Waals surface area contributed by atoms with Gasteiger partial charge in [-0.1, -0.05) is 24.3 Å². The van der Waals surface area contributed by atoms with Gasteiger partial charge in [0.25, 0.3) is 10.2 Å². The summed E-state index contributed by atoms with van der Waals surface area (Å²) in [5.74, 6) is 0. The van der Waals surface area contributed by atoms with Crippen molar-refractivity contribution in [3.05, 3.63) is 35.4 Å². The maximum absolute atomic E-state index is 12.8. The van der Waals surface area contributed by atoms with Crippen LogP contribution in [0.2, 0.25) is 0 Å². The van der Waals surface area contributed by atoms with Crippen LogP contribution in [0.3, 0.4) is 0 Å². The Morgan fingerprint density at radius 1 is 1.29 bits per heavy atom. The maximum Gasteiger partial charge on any atom is 0.282 e. The van der Waals surface area contributed by atoms with Crippen LogP contribution in [0.15, 0.2) is 24.3 Å². The van der Waals surface area contributed by atoms with E-state index in [9.17, 15) is 8.42 Å². The molecular weight excluding hydrogens is 288 g/mol. The van der Waals surface area contributed by atoms with Crippen molar-refractivity contribution in [1.82, 2.24) is 8.61 Å². The van der Waals surface area contributed by atoms with Gasteiger partial charge in [-0.2, -0.15) is 17.0 Å². The summed E-state index contributed by atoms with van der Waals surface area (Å²) in [4.78, 5) is 0. The predicted octanol–water partition coefficient (Wildman–Crippen LogP) is 1.38. The Labute approximate surface area is 127 Å². The molecule has 1 aliphatic heterocycles. The average Bonchev–Trinajstić information content (AvgIpc) is 2.46. The van der Waals surface area contributed by atoms with Gasteiger partial charge in [0.05, 0.1) is 0 Å². The Balaban J connectivity index is 2.19. The number of rotatable bonds is 6. The number of fused-ring (bicyclic) bond motifs is 1. The number of nitrogens with zero attached hydrogens (tertiary/aromatic N) is 2. The van der Waals surface area contributed by atoms with Gasteiger partial charge in [-0.3, -0.25) is 0 Å². The second kappa shape index (κ2) is 6.87. The summed E-state index contributed by atoms with van der Waals surface area (Å²) in [6.07, 6.45) is 1.21. The van der Waals surface area contributed by atoms with E-state index in [1.165, 1.54) is 9.87 Å². The molecule has 1 N–H and O–H groups in total. The van der Waals surface area contributed by atoms with E-state index < -0.39 is 10.2 Å². The van der Waals surface area contributed by atoms with Crippen molar-refractivity contribution in [1.29, 1.82) is 0 Å². The molecule has 0 saturated carbocycles. The van der Waals surface area contributed by atoms with Gasteiger partial charge >= 0.3 is 0 Å². The summed E-state index contributed by atoms with van der Waals surface area (Å²) < 4.78 is 28.7. The molecule has 0 fully saturated rings. The van der Waals surface area contributed by atoms with E-state index >= 15 is 0 Å². The van der Waals surface area contributed by atoms with Crippen molar-refractivity contribution in [2.24, 2.45) is 0 Å². The quantitative estimate of drug-likeness (QED) is 0.863. The molecule has 0 unspecified atom stereocenters. The summed E-state index contributed by atoms with van der Waals surface area (Å²) in [5, 5.41) is 8.97. The van der Waals surface area contributed by atoms with Gasteiger partial charge in [-0.25, -0.2) is 0 Å². The summed E-state index contributed by atoms with van der Waals surface area (Å²) in [6, 6.07) is 7.88. The third kappa shape index (κ3) is 3.63. The maximum atomic E-state index is 12.8. The summed E-state index contributed by atoms with van der Waals surface area (Å²) >= 11 is 0. The van der Waals surface area contributed by atoms with Crippen LogP contribution in [0.5, 0.6) is 0 Å². The third-order valence-corrected chi connectivity index (χ3v) is 5.99. The number of benzene rings is 1. The molecule has 1 aromatic carbocycles. The molecule has 118 valence electrons. The first-order valence-corrected chi connectivity index (χ1v) is 8.81. The van der Waals surface area contributed by atoms with Crippen molar-refractivity contribution < 1.29 is 13.5 Å². The molecule has 0 bridgehead atoms. The van der Waals surface area contributed by atoms with Crippen molar-refractivity contribution >= 4 is 10.2 Å². The predicted molar refractivity (Wildman–Crippen MR) is 83.0 cm³/mol. The number of hydrogen-bond donors (Lipinski definition) is 1. The lowest BCUT2D eigenvalue weighted by Gasteiger charge is -2.34. The van der Waals surface area contributed by atoms with Crippen LogP contribution in [-0.4, -0.2) is 47.9 Å². The van der Waals surface area contributed by atoms with Crippen LogP contribution in [0.25, 0.3) is 0 Å². The van der Waals surface area contributed by atoms with Gasteiger partial charge in [-0.15, -0.1) is 0 Å². The highest BCUT2D eigenvalue weighted by molar-refractivity contribution is 7.86. The average molecular weight is 312 g/mol. The fourth-order valence-corrected chi connectivity index (χ4v) is 4.50. The summed E-state index contributed by atoms with van der Waals surface area (Å²) in [6.45, 7) is 5.04. The molecule has 0 aromatic heterocycles. The second-order valence-electron chi connectivity index (χ2n) is 5.64. The summed E-state index contributed by atoms with van der Waals surface area (Å²) in [7, 11) is -3.48. The minimum Gasteiger partial charge on any atom is -0.396 e. The first-order valence-electron chi connectivity index (χ1n) is 7.41. The fraction of sp³-hybridized carbons (Fsp3) is 0.600. The van der Waals surface area contributed by atoms with Crippen molar-refractivity contribution in [2.45, 2.75) is 39.3 Å². The second-order valence-corrected chi connectivity index (χ2v) is 7.52. The molecule has 1 aromatic rings. The van der Waals surface area contributed by atoms with E-state index in [0.29, 0.717) is 26.1 Å². The minimum atomic E-state index is -3.48. The number of aliphatic hydroxyl groups excluding tert-OH is 1. The first-order chi connectivity index (χ1) is 9.96. The molecule has 6 heteroatoms. The normalized spacial score (nSPS) is 16.4. The molecule has 0 spiro atoms. The Morgan fingerprint density at radius 3 is 2.57 bits per heavy atom. The van der Waals surface area contributed by atoms with E-state index in [1.807, 2.05) is 32.0 Å². The standard InChI is InChI=1S/C15H24N2O3S/c1-13(2)17(9-5-11-18)21(19,20)16-10-8-14-6-3-4-7-15(14)12-16/h3-4,6-7,13,18H,5,8-12H2,1-2H3. The lowest BCUT2D eigenvalue weighted by Crippen LogP contribution is -2.48. The SMILES string of the molecule is CC(C)N(CCCO)S(=O)(=O)N1CCc2ccccc2C1. The zero-order valence-corrected chi connectivity index (χ0v) is 13.5. The molecule has 0 aliphatic carbocycles. The van der Waals surface area contributed by atoms with Gasteiger partial charge in [0.2, 0.25) is 0 Å². The van der Waals surface area contributed by atoms with Crippen molar-refractivity contribution in [3.8, 4) is 0 Å². The number of hydrogen-bond acceptors (Lipinski definition) is 3. The van der Waals surface area contributed by atoms with E-state index in [4.69, 9.17) is 5.11 Å². The monoisotopic (exact) mass is 312 g/mol. The Morgan fingerprint density at radius 2 is 1.95 bits per heavy atom. The Kier molecular flexibility index (Phi) is 5.37. The van der Waals surface area contributed by atoms with E-state index in [1.54, 1.807) is 4.31 Å². The Hall–Kier alpha value is -0.950. The molecule has 0 atom stereocenters. The van der Waals surface area contributed by atoms with Gasteiger partial charge in [0, 0.05) is 32.3 Å². The molecule has 0 amide bonds. The van der Waals surface area contributed by atoms with Gasteiger partial charge in [-0.05, 0) is 37.8 Å². The van der Waals surface area contributed by atoms with Crippen LogP contribution in [-0.2, 0) is 23.2 Å². The summed E-state index contributed by atoms with van der Waals surface area (Å²) in [5.41, 5.74) is 2.31. The largest absolute Gasteiger partial charge is 0.396 e. The molecule has 5 nitrogen and oxygen atoms in total. The topological polar surface area (TPSA) is 60.9 Å². The zero-order chi connectivity index (χ0) is 15.5. The molecule has 21 heavy (non-hydrogen) atoms. The van der Waals surface area contributed by atoms with Crippen molar-refractivity contribution in [3.63, 3.8) is 0 Å². The molecular formula is C15H24N2O3S. The third-order valence-electron chi connectivity index (χ3n) is 3.83. The van der Waals surface area contributed by atoms with Gasteiger partial charge in [0.15, 0.2) is 0 Å². The van der Waals surface area contributed by atoms with Crippen LogP contribution in [0, 0.1) is 0 Å². The smallest absolute Gasteiger partial charge is 0.282 e. The highest BCUT2D eigenvalue weighted by Gasteiger charge is 2.33. The molecule has 0 saturated heterocycles. The van der Waals surface area contributed by atoms with E-state index in [2.05, 4.69) is 6.07 Å². The lowest BCUT2D eigenvalue weighted by molar-refractivity contribution is 0.246. The van der Waals surface area contributed by atoms with Gasteiger partial charge < -0.3 is 5.11 Å². The first kappa shape index (κ1) is 16.4. The zero-order valence-electron chi connectivity index (χ0n) is 12.7. The van der Waals surface area contributed by atoms with Gasteiger partial charge in [0.1, 0.15) is 0 Å². The highest BCUT2D eigenvalue weighted by atomic mass is 32.2. The Bertz CT molecular complexity index is 572. The van der Waals surface area contributed by atoms with Crippen LogP contribution >= 0.6 is 0 Å². The van der Waals surface area contributed by atoms with Crippen molar-refractivity contribution in [2.75, 3.05) is 19.7 Å². The van der Waals surface area contributed by atoms with E-state index in [-0.39, 0.29) is 12.6 Å². The highest BCUT2D eigenvalue weighted by Crippen LogP contribution is 2.23. The number of aliphatic hydroxyl groups is 1. The fourth-order valence-electron chi connectivity index (χ4n) is 2.68. The van der Waals surface area contributed by atoms with Crippen LogP contribution in [0.1, 0.15) is 31.4 Å². The van der Waals surface area contributed by atoms with Crippen LogP contribution in [0.4, 0.5) is 0 Å².